The molecular weight excluding hydrogens is 236 g/mol. The average Bonchev–Trinajstić information content (AvgIpc) is 3.15. The van der Waals surface area contributed by atoms with Crippen molar-refractivity contribution >= 4 is 5.97 Å². The van der Waals surface area contributed by atoms with E-state index in [1.165, 1.54) is 51.4 Å². The summed E-state index contributed by atoms with van der Waals surface area (Å²) >= 11 is 0. The number of carbonyl (C=O) groups is 1. The molecule has 0 radical (unpaired) electrons. The van der Waals surface area contributed by atoms with E-state index in [0.717, 1.165) is 12.8 Å². The Morgan fingerprint density at radius 2 is 1.63 bits per heavy atom. The van der Waals surface area contributed by atoms with Gasteiger partial charge in [-0.2, -0.15) is 0 Å². The van der Waals surface area contributed by atoms with E-state index in [4.69, 9.17) is 4.74 Å². The van der Waals surface area contributed by atoms with Crippen molar-refractivity contribution in [2.75, 3.05) is 0 Å². The molecule has 0 amide bonds. The highest BCUT2D eigenvalue weighted by Crippen LogP contribution is 2.57. The predicted octanol–water partition coefficient (Wildman–Crippen LogP) is 4.39. The lowest BCUT2D eigenvalue weighted by Gasteiger charge is -2.45. The molecule has 3 aliphatic rings. The van der Waals surface area contributed by atoms with Gasteiger partial charge in [-0.1, -0.05) is 19.4 Å². The predicted molar refractivity (Wildman–Crippen MR) is 75.7 cm³/mol. The summed E-state index contributed by atoms with van der Waals surface area (Å²) in [5.41, 5.74) is 1.01. The highest BCUT2D eigenvalue weighted by Gasteiger charge is 2.53. The Hall–Kier alpha value is -0.790. The third-order valence-corrected chi connectivity index (χ3v) is 5.79. The SMILES string of the molecule is C=C(C)C(=O)OC1(C2CC2)CCC2(CCCC2)CC1. The summed E-state index contributed by atoms with van der Waals surface area (Å²) < 4.78 is 5.93. The minimum absolute atomic E-state index is 0.135. The number of carbonyl (C=O) groups excluding carboxylic acids is 1. The van der Waals surface area contributed by atoms with Gasteiger partial charge in [-0.05, 0) is 69.6 Å². The molecule has 0 saturated heterocycles. The van der Waals surface area contributed by atoms with Crippen LogP contribution in [0.25, 0.3) is 0 Å². The summed E-state index contributed by atoms with van der Waals surface area (Å²) in [5.74, 6) is 0.462. The monoisotopic (exact) mass is 262 g/mol. The summed E-state index contributed by atoms with van der Waals surface area (Å²) in [6, 6.07) is 0. The molecule has 0 heterocycles. The van der Waals surface area contributed by atoms with E-state index in [9.17, 15) is 4.79 Å². The number of hydrogen-bond donors (Lipinski definition) is 0. The third kappa shape index (κ3) is 2.46. The minimum atomic E-state index is -0.172. The molecule has 2 nitrogen and oxygen atoms in total. The van der Waals surface area contributed by atoms with Crippen LogP contribution in [0.5, 0.6) is 0 Å². The molecule has 106 valence electrons. The van der Waals surface area contributed by atoms with Crippen LogP contribution in [0.3, 0.4) is 0 Å². The number of hydrogen-bond acceptors (Lipinski definition) is 2. The molecule has 3 aliphatic carbocycles. The molecule has 0 unspecified atom stereocenters. The van der Waals surface area contributed by atoms with Gasteiger partial charge in [-0.25, -0.2) is 4.79 Å². The average molecular weight is 262 g/mol. The van der Waals surface area contributed by atoms with E-state index in [1.54, 1.807) is 6.92 Å². The first-order valence-corrected chi connectivity index (χ1v) is 7.94. The van der Waals surface area contributed by atoms with Gasteiger partial charge in [0.1, 0.15) is 5.60 Å². The second kappa shape index (κ2) is 4.64. The highest BCUT2D eigenvalue weighted by molar-refractivity contribution is 5.87. The first-order chi connectivity index (χ1) is 9.05. The maximum absolute atomic E-state index is 11.9. The molecular formula is C17H26O2. The zero-order chi connectivity index (χ0) is 13.5. The van der Waals surface area contributed by atoms with Crippen molar-refractivity contribution in [2.45, 2.75) is 76.7 Å². The molecule has 19 heavy (non-hydrogen) atoms. The summed E-state index contributed by atoms with van der Waals surface area (Å²) in [5, 5.41) is 0. The van der Waals surface area contributed by atoms with Crippen LogP contribution < -0.4 is 0 Å². The molecule has 3 fully saturated rings. The number of rotatable bonds is 3. The number of ether oxygens (including phenoxy) is 1. The fourth-order valence-corrected chi connectivity index (χ4v) is 4.30. The third-order valence-electron chi connectivity index (χ3n) is 5.79. The summed E-state index contributed by atoms with van der Waals surface area (Å²) in [6.45, 7) is 5.48. The van der Waals surface area contributed by atoms with E-state index in [2.05, 4.69) is 6.58 Å². The lowest BCUT2D eigenvalue weighted by atomic mass is 9.66. The van der Waals surface area contributed by atoms with Crippen molar-refractivity contribution in [3.8, 4) is 0 Å². The molecule has 3 saturated carbocycles. The van der Waals surface area contributed by atoms with Crippen LogP contribution >= 0.6 is 0 Å². The van der Waals surface area contributed by atoms with Gasteiger partial charge in [-0.3, -0.25) is 0 Å². The largest absolute Gasteiger partial charge is 0.455 e. The molecule has 0 N–H and O–H groups in total. The molecule has 1 spiro atoms. The Balaban J connectivity index is 1.69. The molecule has 0 aromatic carbocycles. The Morgan fingerprint density at radius 3 is 2.11 bits per heavy atom. The van der Waals surface area contributed by atoms with Crippen molar-refractivity contribution in [1.29, 1.82) is 0 Å². The van der Waals surface area contributed by atoms with E-state index in [0.29, 0.717) is 16.9 Å². The van der Waals surface area contributed by atoms with Crippen LogP contribution in [0, 0.1) is 11.3 Å². The molecule has 2 heteroatoms. The summed E-state index contributed by atoms with van der Waals surface area (Å²) in [6.07, 6.45) is 12.8. The maximum atomic E-state index is 11.9. The Labute approximate surface area is 116 Å². The highest BCUT2D eigenvalue weighted by atomic mass is 16.6. The van der Waals surface area contributed by atoms with Gasteiger partial charge >= 0.3 is 5.97 Å². The van der Waals surface area contributed by atoms with Gasteiger partial charge in [0.05, 0.1) is 0 Å². The molecule has 3 rings (SSSR count). The minimum Gasteiger partial charge on any atom is -0.455 e. The van der Waals surface area contributed by atoms with Gasteiger partial charge < -0.3 is 4.74 Å². The second-order valence-corrected chi connectivity index (χ2v) is 7.22. The molecule has 0 aromatic rings. The lowest BCUT2D eigenvalue weighted by Crippen LogP contribution is -2.44. The first kappa shape index (κ1) is 13.2. The van der Waals surface area contributed by atoms with Crippen molar-refractivity contribution in [2.24, 2.45) is 11.3 Å². The Bertz CT molecular complexity index is 376. The van der Waals surface area contributed by atoms with E-state index < -0.39 is 0 Å². The molecule has 0 bridgehead atoms. The Morgan fingerprint density at radius 1 is 1.05 bits per heavy atom. The topological polar surface area (TPSA) is 26.3 Å². The van der Waals surface area contributed by atoms with Crippen LogP contribution in [0.4, 0.5) is 0 Å². The van der Waals surface area contributed by atoms with Crippen molar-refractivity contribution < 1.29 is 9.53 Å². The standard InChI is InChI=1S/C17H26O2/c1-13(2)15(18)19-17(14-5-6-14)11-9-16(10-12-17)7-3-4-8-16/h14H,1,3-12H2,2H3. The summed E-state index contributed by atoms with van der Waals surface area (Å²) in [4.78, 5) is 11.9. The summed E-state index contributed by atoms with van der Waals surface area (Å²) in [7, 11) is 0. The van der Waals surface area contributed by atoms with Crippen LogP contribution in [0.15, 0.2) is 12.2 Å². The van der Waals surface area contributed by atoms with Gasteiger partial charge in [0.2, 0.25) is 0 Å². The second-order valence-electron chi connectivity index (χ2n) is 7.22. The van der Waals surface area contributed by atoms with E-state index >= 15 is 0 Å². The normalized spacial score (nSPS) is 28.3. The van der Waals surface area contributed by atoms with E-state index in [-0.39, 0.29) is 11.6 Å². The van der Waals surface area contributed by atoms with Gasteiger partial charge in [0, 0.05) is 5.57 Å². The van der Waals surface area contributed by atoms with Gasteiger partial charge in [0.15, 0.2) is 0 Å². The fourth-order valence-electron chi connectivity index (χ4n) is 4.30. The van der Waals surface area contributed by atoms with Gasteiger partial charge in [0.25, 0.3) is 0 Å². The lowest BCUT2D eigenvalue weighted by molar-refractivity contribution is -0.165. The first-order valence-electron chi connectivity index (χ1n) is 7.94. The number of esters is 1. The van der Waals surface area contributed by atoms with Crippen LogP contribution in [-0.4, -0.2) is 11.6 Å². The Kier molecular flexibility index (Phi) is 3.23. The van der Waals surface area contributed by atoms with Gasteiger partial charge in [-0.15, -0.1) is 0 Å². The zero-order valence-corrected chi connectivity index (χ0v) is 12.2. The molecule has 0 aromatic heterocycles. The molecule has 0 atom stereocenters. The van der Waals surface area contributed by atoms with E-state index in [1.807, 2.05) is 0 Å². The van der Waals surface area contributed by atoms with Crippen molar-refractivity contribution in [3.05, 3.63) is 12.2 Å². The van der Waals surface area contributed by atoms with Crippen molar-refractivity contribution in [3.63, 3.8) is 0 Å². The quantitative estimate of drug-likeness (QED) is 0.557. The van der Waals surface area contributed by atoms with Crippen LogP contribution in [0.2, 0.25) is 0 Å². The maximum Gasteiger partial charge on any atom is 0.333 e. The zero-order valence-electron chi connectivity index (χ0n) is 12.2. The smallest absolute Gasteiger partial charge is 0.333 e. The van der Waals surface area contributed by atoms with Crippen LogP contribution in [0.1, 0.15) is 71.1 Å². The van der Waals surface area contributed by atoms with Crippen molar-refractivity contribution in [1.82, 2.24) is 0 Å². The van der Waals surface area contributed by atoms with Crippen LogP contribution in [-0.2, 0) is 9.53 Å². The molecule has 0 aliphatic heterocycles. The fraction of sp³-hybridized carbons (Fsp3) is 0.824.